The van der Waals surface area contributed by atoms with Crippen LogP contribution in [0.25, 0.3) is 0 Å². The van der Waals surface area contributed by atoms with Crippen LogP contribution in [-0.2, 0) is 9.59 Å². The van der Waals surface area contributed by atoms with Gasteiger partial charge in [0, 0.05) is 25.1 Å². The van der Waals surface area contributed by atoms with Gasteiger partial charge in [-0.2, -0.15) is 0 Å². The molecule has 0 bridgehead atoms. The molecule has 1 N–H and O–H groups in total. The van der Waals surface area contributed by atoms with Crippen molar-refractivity contribution < 1.29 is 14.4 Å². The average Bonchev–Trinajstić information content (AvgIpc) is 2.70. The van der Waals surface area contributed by atoms with E-state index in [0.717, 1.165) is 10.5 Å². The molecule has 1 fully saturated rings. The lowest BCUT2D eigenvalue weighted by molar-refractivity contribution is -0.147. The van der Waals surface area contributed by atoms with E-state index < -0.39 is 12.1 Å². The Morgan fingerprint density at radius 1 is 1.22 bits per heavy atom. The number of carbonyl (C=O) groups is 3. The molecule has 2 heterocycles. The normalized spacial score (nSPS) is 17.0. The van der Waals surface area contributed by atoms with E-state index in [1.807, 2.05) is 37.3 Å². The van der Waals surface area contributed by atoms with Gasteiger partial charge in [0.05, 0.1) is 12.5 Å². The number of urea groups is 1. The highest BCUT2D eigenvalue weighted by molar-refractivity contribution is 6.11. The third-order valence-corrected chi connectivity index (χ3v) is 4.74. The van der Waals surface area contributed by atoms with Crippen LogP contribution < -0.4 is 10.2 Å². The molecule has 1 aromatic heterocycles. The summed E-state index contributed by atoms with van der Waals surface area (Å²) in [5.41, 5.74) is 1.61. The molecule has 3 rings (SSSR count). The van der Waals surface area contributed by atoms with Gasteiger partial charge in [-0.3, -0.25) is 19.5 Å². The second-order valence-corrected chi connectivity index (χ2v) is 6.41. The molecule has 1 aliphatic heterocycles. The van der Waals surface area contributed by atoms with Crippen molar-refractivity contribution in [1.29, 1.82) is 0 Å². The van der Waals surface area contributed by atoms with Gasteiger partial charge in [0.25, 0.3) is 5.91 Å². The minimum atomic E-state index is -0.788. The number of likely N-dealkylation sites (tertiary alicyclic amines) is 1. The van der Waals surface area contributed by atoms with Crippen molar-refractivity contribution in [2.75, 3.05) is 11.9 Å². The van der Waals surface area contributed by atoms with Crippen molar-refractivity contribution >= 4 is 23.5 Å². The van der Waals surface area contributed by atoms with E-state index >= 15 is 0 Å². The molecular formula is C20H22N4O3. The van der Waals surface area contributed by atoms with Crippen molar-refractivity contribution in [2.24, 2.45) is 0 Å². The summed E-state index contributed by atoms with van der Waals surface area (Å²) in [6.45, 7) is 1.95. The number of hydrogen-bond acceptors (Lipinski definition) is 4. The average molecular weight is 366 g/mol. The first kappa shape index (κ1) is 18.6. The van der Waals surface area contributed by atoms with Crippen LogP contribution >= 0.6 is 0 Å². The predicted molar refractivity (Wildman–Crippen MR) is 101 cm³/mol. The third kappa shape index (κ3) is 3.81. The summed E-state index contributed by atoms with van der Waals surface area (Å²) in [6.07, 6.45) is 3.87. The molecule has 0 spiro atoms. The minimum Gasteiger partial charge on any atom is -0.331 e. The van der Waals surface area contributed by atoms with E-state index in [4.69, 9.17) is 0 Å². The molecule has 0 radical (unpaired) electrons. The first-order valence-electron chi connectivity index (χ1n) is 8.88. The molecule has 2 aromatic rings. The largest absolute Gasteiger partial charge is 0.331 e. The molecule has 27 heavy (non-hydrogen) atoms. The van der Waals surface area contributed by atoms with E-state index in [2.05, 4.69) is 10.3 Å². The number of nitrogens with one attached hydrogen (secondary N) is 1. The molecule has 7 heteroatoms. The fourth-order valence-electron chi connectivity index (χ4n) is 3.11. The standard InChI is InChI=1S/C20H22N4O3/c1-3-16(14-7-5-4-6-8-14)22-20(27)24-17(13-18(24)25)19(26)23(2)15-9-11-21-12-10-15/h4-12,16-17H,3,13H2,1-2H3,(H,22,27). The lowest BCUT2D eigenvalue weighted by atomic mass is 10.0. The smallest absolute Gasteiger partial charge is 0.325 e. The van der Waals surface area contributed by atoms with Crippen LogP contribution in [-0.4, -0.2) is 40.8 Å². The number of imide groups is 1. The molecule has 1 saturated heterocycles. The van der Waals surface area contributed by atoms with Crippen LogP contribution in [0.3, 0.4) is 0 Å². The zero-order valence-electron chi connectivity index (χ0n) is 15.3. The summed E-state index contributed by atoms with van der Waals surface area (Å²) in [6, 6.07) is 11.4. The van der Waals surface area contributed by atoms with Gasteiger partial charge in [0.1, 0.15) is 6.04 Å². The van der Waals surface area contributed by atoms with Gasteiger partial charge in [0.15, 0.2) is 0 Å². The second kappa shape index (κ2) is 7.99. The highest BCUT2D eigenvalue weighted by Crippen LogP contribution is 2.25. The first-order chi connectivity index (χ1) is 13.0. The van der Waals surface area contributed by atoms with E-state index in [9.17, 15) is 14.4 Å². The fourth-order valence-corrected chi connectivity index (χ4v) is 3.11. The van der Waals surface area contributed by atoms with Crippen molar-refractivity contribution in [3.05, 3.63) is 60.4 Å². The Balaban J connectivity index is 1.70. The summed E-state index contributed by atoms with van der Waals surface area (Å²) in [5.74, 6) is -0.652. The monoisotopic (exact) mass is 366 g/mol. The van der Waals surface area contributed by atoms with Gasteiger partial charge in [-0.15, -0.1) is 0 Å². The number of pyridine rings is 1. The van der Waals surface area contributed by atoms with E-state index in [1.165, 1.54) is 4.90 Å². The van der Waals surface area contributed by atoms with Crippen LogP contribution in [0.15, 0.2) is 54.9 Å². The first-order valence-corrected chi connectivity index (χ1v) is 8.88. The Kier molecular flexibility index (Phi) is 5.49. The van der Waals surface area contributed by atoms with Gasteiger partial charge in [0.2, 0.25) is 5.91 Å². The molecule has 1 aliphatic rings. The van der Waals surface area contributed by atoms with E-state index in [1.54, 1.807) is 31.6 Å². The molecule has 1 aromatic carbocycles. The number of likely N-dealkylation sites (N-methyl/N-ethyl adjacent to an activating group) is 1. The van der Waals surface area contributed by atoms with E-state index in [0.29, 0.717) is 12.1 Å². The zero-order valence-corrected chi connectivity index (χ0v) is 15.3. The third-order valence-electron chi connectivity index (χ3n) is 4.74. The fraction of sp³-hybridized carbons (Fsp3) is 0.300. The summed E-state index contributed by atoms with van der Waals surface area (Å²) in [4.78, 5) is 43.8. The molecule has 2 atom stereocenters. The molecule has 2 unspecified atom stereocenters. The number of rotatable bonds is 5. The number of β-lactam (4-membered cyclic amide) rings is 1. The molecule has 0 aliphatic carbocycles. The van der Waals surface area contributed by atoms with Crippen molar-refractivity contribution in [3.8, 4) is 0 Å². The maximum Gasteiger partial charge on any atom is 0.325 e. The van der Waals surface area contributed by atoms with Crippen molar-refractivity contribution in [3.63, 3.8) is 0 Å². The summed E-state index contributed by atoms with van der Waals surface area (Å²) in [5, 5.41) is 2.86. The molecule has 4 amide bonds. The maximum absolute atomic E-state index is 12.7. The van der Waals surface area contributed by atoms with Gasteiger partial charge >= 0.3 is 6.03 Å². The number of aromatic nitrogens is 1. The summed E-state index contributed by atoms with van der Waals surface area (Å²) in [7, 11) is 1.62. The predicted octanol–water partition coefficient (Wildman–Crippen LogP) is 2.51. The van der Waals surface area contributed by atoms with Crippen molar-refractivity contribution in [1.82, 2.24) is 15.2 Å². The lowest BCUT2D eigenvalue weighted by Gasteiger charge is -2.39. The quantitative estimate of drug-likeness (QED) is 0.824. The highest BCUT2D eigenvalue weighted by atomic mass is 16.2. The maximum atomic E-state index is 12.7. The Labute approximate surface area is 158 Å². The number of carbonyl (C=O) groups excluding carboxylic acids is 3. The number of hydrogen-bond donors (Lipinski definition) is 1. The SMILES string of the molecule is CCC(NC(=O)N1C(=O)CC1C(=O)N(C)c1ccncc1)c1ccccc1. The zero-order chi connectivity index (χ0) is 19.4. The topological polar surface area (TPSA) is 82.6 Å². The van der Waals surface area contributed by atoms with E-state index in [-0.39, 0.29) is 24.3 Å². The number of nitrogens with zero attached hydrogens (tertiary/aromatic N) is 3. The van der Waals surface area contributed by atoms with Crippen LogP contribution in [0.2, 0.25) is 0 Å². The van der Waals surface area contributed by atoms with Crippen LogP contribution in [0.4, 0.5) is 10.5 Å². The molecular weight excluding hydrogens is 344 g/mol. The summed E-state index contributed by atoms with van der Waals surface area (Å²) < 4.78 is 0. The molecule has 7 nitrogen and oxygen atoms in total. The second-order valence-electron chi connectivity index (χ2n) is 6.41. The number of amides is 4. The Bertz CT molecular complexity index is 826. The highest BCUT2D eigenvalue weighted by Gasteiger charge is 2.47. The summed E-state index contributed by atoms with van der Waals surface area (Å²) >= 11 is 0. The number of benzene rings is 1. The molecule has 0 saturated carbocycles. The van der Waals surface area contributed by atoms with Gasteiger partial charge in [-0.1, -0.05) is 37.3 Å². The van der Waals surface area contributed by atoms with Crippen molar-refractivity contribution in [2.45, 2.75) is 31.8 Å². The Hall–Kier alpha value is -3.22. The molecule has 140 valence electrons. The van der Waals surface area contributed by atoms with Gasteiger partial charge < -0.3 is 10.2 Å². The Morgan fingerprint density at radius 3 is 2.48 bits per heavy atom. The minimum absolute atomic E-state index is 0.0316. The van der Waals surface area contributed by atoms with Crippen LogP contribution in [0, 0.1) is 0 Å². The van der Waals surface area contributed by atoms with Crippen LogP contribution in [0.1, 0.15) is 31.4 Å². The lowest BCUT2D eigenvalue weighted by Crippen LogP contribution is -2.64. The number of anilines is 1. The Morgan fingerprint density at radius 2 is 1.89 bits per heavy atom. The van der Waals surface area contributed by atoms with Crippen LogP contribution in [0.5, 0.6) is 0 Å². The van der Waals surface area contributed by atoms with Gasteiger partial charge in [-0.05, 0) is 24.1 Å². The van der Waals surface area contributed by atoms with Gasteiger partial charge in [-0.25, -0.2) is 4.79 Å².